The molecule has 3 N–H and O–H groups in total. The number of anilines is 1. The molecule has 0 radical (unpaired) electrons. The Hall–Kier alpha value is -1.37. The summed E-state index contributed by atoms with van der Waals surface area (Å²) < 4.78 is 26.8. The Balaban J connectivity index is 2.03. The Kier molecular flexibility index (Phi) is 4.80. The summed E-state index contributed by atoms with van der Waals surface area (Å²) in [4.78, 5) is 1.07. The molecule has 1 aromatic carbocycles. The molecular weight excluding hydrogens is 292 g/mol. The van der Waals surface area contributed by atoms with Gasteiger partial charge in [0.25, 0.3) is 0 Å². The van der Waals surface area contributed by atoms with Crippen molar-refractivity contribution >= 4 is 27.0 Å². The first kappa shape index (κ1) is 15.0. The number of hydrogen-bond donors (Lipinski definition) is 2. The Morgan fingerprint density at radius 1 is 1.20 bits per heavy atom. The number of rotatable bonds is 6. The van der Waals surface area contributed by atoms with Crippen LogP contribution in [0.1, 0.15) is 22.9 Å². The van der Waals surface area contributed by atoms with Crippen LogP contribution in [-0.2, 0) is 28.7 Å². The molecule has 108 valence electrons. The molecule has 0 saturated heterocycles. The van der Waals surface area contributed by atoms with Gasteiger partial charge in [-0.2, -0.15) is 0 Å². The minimum Gasteiger partial charge on any atom is -0.398 e. The number of nitrogens with one attached hydrogen (secondary N) is 1. The lowest BCUT2D eigenvalue weighted by Gasteiger charge is -2.08. The van der Waals surface area contributed by atoms with Crippen LogP contribution < -0.4 is 10.5 Å². The van der Waals surface area contributed by atoms with Crippen LogP contribution in [0.5, 0.6) is 0 Å². The van der Waals surface area contributed by atoms with Crippen LogP contribution >= 0.6 is 11.3 Å². The summed E-state index contributed by atoms with van der Waals surface area (Å²) in [5.74, 6) is -0.0908. The molecule has 4 nitrogen and oxygen atoms in total. The summed E-state index contributed by atoms with van der Waals surface area (Å²) in [6.07, 6.45) is 0.909. The lowest BCUT2D eigenvalue weighted by molar-refractivity contribution is 0.581. The van der Waals surface area contributed by atoms with Gasteiger partial charge in [0.05, 0.1) is 5.75 Å². The van der Waals surface area contributed by atoms with Crippen LogP contribution in [0.4, 0.5) is 5.69 Å². The van der Waals surface area contributed by atoms with Gasteiger partial charge in [0.1, 0.15) is 0 Å². The molecule has 0 spiro atoms. The van der Waals surface area contributed by atoms with Crippen LogP contribution in [0.15, 0.2) is 35.7 Å². The molecule has 2 aromatic rings. The summed E-state index contributed by atoms with van der Waals surface area (Å²) in [5.41, 5.74) is 8.10. The molecule has 0 fully saturated rings. The van der Waals surface area contributed by atoms with E-state index in [1.165, 1.54) is 5.56 Å². The van der Waals surface area contributed by atoms with Crippen molar-refractivity contribution in [1.82, 2.24) is 4.72 Å². The lowest BCUT2D eigenvalue weighted by Crippen LogP contribution is -2.25. The molecule has 0 amide bonds. The molecule has 0 atom stereocenters. The highest BCUT2D eigenvalue weighted by molar-refractivity contribution is 7.88. The van der Waals surface area contributed by atoms with E-state index >= 15 is 0 Å². The number of nitrogens with two attached hydrogens (primary N) is 1. The van der Waals surface area contributed by atoms with E-state index in [0.717, 1.165) is 11.3 Å². The number of hydrogen-bond acceptors (Lipinski definition) is 4. The van der Waals surface area contributed by atoms with Gasteiger partial charge in [-0.1, -0.05) is 25.1 Å². The number of sulfonamides is 1. The molecule has 0 bridgehead atoms. The second-order valence-corrected chi connectivity index (χ2v) is 7.31. The third-order valence-electron chi connectivity index (χ3n) is 3.07. The molecule has 0 aliphatic carbocycles. The average Bonchev–Trinajstić information content (AvgIpc) is 2.86. The van der Waals surface area contributed by atoms with E-state index in [9.17, 15) is 8.42 Å². The van der Waals surface area contributed by atoms with Gasteiger partial charge in [0.2, 0.25) is 10.0 Å². The fraction of sp³-hybridized carbons (Fsp3) is 0.286. The largest absolute Gasteiger partial charge is 0.398 e. The molecule has 0 unspecified atom stereocenters. The second-order valence-electron chi connectivity index (χ2n) is 4.50. The zero-order valence-electron chi connectivity index (χ0n) is 11.3. The Labute approximate surface area is 123 Å². The summed E-state index contributed by atoms with van der Waals surface area (Å²) in [6.45, 7) is 2.40. The minimum atomic E-state index is -3.38. The topological polar surface area (TPSA) is 72.2 Å². The van der Waals surface area contributed by atoms with E-state index in [0.29, 0.717) is 17.8 Å². The van der Waals surface area contributed by atoms with Gasteiger partial charge in [-0.25, -0.2) is 13.1 Å². The molecule has 0 aliphatic rings. The first-order valence-corrected chi connectivity index (χ1v) is 8.91. The van der Waals surface area contributed by atoms with Crippen LogP contribution in [0.3, 0.4) is 0 Å². The number of nitrogen functional groups attached to an aromatic ring is 1. The molecule has 6 heteroatoms. The van der Waals surface area contributed by atoms with Gasteiger partial charge in [-0.15, -0.1) is 11.3 Å². The highest BCUT2D eigenvalue weighted by atomic mass is 32.2. The number of para-hydroxylation sites is 1. The van der Waals surface area contributed by atoms with Gasteiger partial charge in [-0.3, -0.25) is 0 Å². The molecule has 2 rings (SSSR count). The van der Waals surface area contributed by atoms with Gasteiger partial charge in [0, 0.05) is 17.1 Å². The Morgan fingerprint density at radius 2 is 1.95 bits per heavy atom. The van der Waals surface area contributed by atoms with Crippen molar-refractivity contribution in [3.05, 3.63) is 51.7 Å². The summed E-state index contributed by atoms with van der Waals surface area (Å²) in [6, 6.07) is 9.05. The highest BCUT2D eigenvalue weighted by Crippen LogP contribution is 2.18. The first-order valence-electron chi connectivity index (χ1n) is 6.38. The number of thiophene rings is 1. The van der Waals surface area contributed by atoms with Crippen molar-refractivity contribution in [2.45, 2.75) is 25.6 Å². The molecular formula is C14H18N2O2S2. The Bertz CT molecular complexity index is 678. The molecule has 1 heterocycles. The van der Waals surface area contributed by atoms with Gasteiger partial charge in [0.15, 0.2) is 0 Å². The Morgan fingerprint density at radius 3 is 2.65 bits per heavy atom. The van der Waals surface area contributed by atoms with Crippen molar-refractivity contribution in [2.75, 3.05) is 5.73 Å². The predicted molar refractivity (Wildman–Crippen MR) is 84.0 cm³/mol. The molecule has 20 heavy (non-hydrogen) atoms. The van der Waals surface area contributed by atoms with Gasteiger partial charge in [-0.05, 0) is 35.1 Å². The number of aryl methyl sites for hydroxylation is 1. The van der Waals surface area contributed by atoms with Crippen LogP contribution in [0, 0.1) is 0 Å². The van der Waals surface area contributed by atoms with E-state index in [1.807, 2.05) is 11.4 Å². The third kappa shape index (κ3) is 3.82. The maximum absolute atomic E-state index is 12.1. The standard InChI is InChI=1S/C14H18N2O2S2/c1-2-11-7-8-19-14(11)9-16-20(17,18)10-12-5-3-4-6-13(12)15/h3-8,16H,2,9-10,15H2,1H3. The van der Waals surface area contributed by atoms with Crippen LogP contribution in [0.2, 0.25) is 0 Å². The second kappa shape index (κ2) is 6.39. The van der Waals surface area contributed by atoms with E-state index in [-0.39, 0.29) is 5.75 Å². The van der Waals surface area contributed by atoms with E-state index in [1.54, 1.807) is 35.6 Å². The number of benzene rings is 1. The zero-order valence-corrected chi connectivity index (χ0v) is 12.9. The van der Waals surface area contributed by atoms with E-state index in [4.69, 9.17) is 5.73 Å². The van der Waals surface area contributed by atoms with Crippen LogP contribution in [0.25, 0.3) is 0 Å². The summed E-state index contributed by atoms with van der Waals surface area (Å²) in [5, 5.41) is 1.98. The average molecular weight is 310 g/mol. The van der Waals surface area contributed by atoms with E-state index < -0.39 is 10.0 Å². The van der Waals surface area contributed by atoms with E-state index in [2.05, 4.69) is 11.6 Å². The maximum atomic E-state index is 12.1. The molecule has 0 saturated carbocycles. The van der Waals surface area contributed by atoms with Crippen molar-refractivity contribution < 1.29 is 8.42 Å². The summed E-state index contributed by atoms with van der Waals surface area (Å²) in [7, 11) is -3.38. The van der Waals surface area contributed by atoms with Crippen molar-refractivity contribution in [2.24, 2.45) is 0 Å². The zero-order chi connectivity index (χ0) is 14.6. The maximum Gasteiger partial charge on any atom is 0.216 e. The SMILES string of the molecule is CCc1ccsc1CNS(=O)(=O)Cc1ccccc1N. The monoisotopic (exact) mass is 310 g/mol. The first-order chi connectivity index (χ1) is 9.52. The normalized spacial score (nSPS) is 11.7. The van der Waals surface area contributed by atoms with Crippen molar-refractivity contribution in [1.29, 1.82) is 0 Å². The molecule has 0 aliphatic heterocycles. The highest BCUT2D eigenvalue weighted by Gasteiger charge is 2.14. The quantitative estimate of drug-likeness (QED) is 0.805. The fourth-order valence-electron chi connectivity index (χ4n) is 1.93. The summed E-state index contributed by atoms with van der Waals surface area (Å²) >= 11 is 1.57. The minimum absolute atomic E-state index is 0.0908. The third-order valence-corrected chi connectivity index (χ3v) is 5.31. The van der Waals surface area contributed by atoms with Crippen LogP contribution in [-0.4, -0.2) is 8.42 Å². The predicted octanol–water partition coefficient (Wildman–Crippen LogP) is 2.51. The lowest BCUT2D eigenvalue weighted by atomic mass is 10.2. The molecule has 1 aromatic heterocycles. The van der Waals surface area contributed by atoms with Crippen molar-refractivity contribution in [3.63, 3.8) is 0 Å². The van der Waals surface area contributed by atoms with Gasteiger partial charge < -0.3 is 5.73 Å². The van der Waals surface area contributed by atoms with Gasteiger partial charge >= 0.3 is 0 Å². The van der Waals surface area contributed by atoms with Crippen molar-refractivity contribution in [3.8, 4) is 0 Å². The fourth-order valence-corrected chi connectivity index (χ4v) is 4.08. The smallest absolute Gasteiger partial charge is 0.216 e.